The van der Waals surface area contributed by atoms with Crippen molar-refractivity contribution in [2.45, 2.75) is 39.2 Å². The topological polar surface area (TPSA) is 69.4 Å². The van der Waals surface area contributed by atoms with E-state index in [2.05, 4.69) is 10.5 Å². The second-order valence-corrected chi connectivity index (χ2v) is 3.83. The van der Waals surface area contributed by atoms with Gasteiger partial charge in [0, 0.05) is 11.8 Å². The Morgan fingerprint density at radius 1 is 1.59 bits per heavy atom. The smallest absolute Gasteiger partial charge is 0.338 e. The Kier molecular flexibility index (Phi) is 7.72. The Morgan fingerprint density at radius 2 is 2.24 bits per heavy atom. The molecule has 0 fully saturated rings. The van der Waals surface area contributed by atoms with E-state index in [0.717, 1.165) is 25.3 Å². The number of rotatable bonds is 7. The average Bonchev–Trinajstić information content (AvgIpc) is 2.32. The Labute approximate surface area is 101 Å². The molecule has 0 aromatic carbocycles. The fourth-order valence-corrected chi connectivity index (χ4v) is 1.36. The highest BCUT2D eigenvalue weighted by atomic mass is 16.6. The molecule has 0 aliphatic carbocycles. The standard InChI is InChI=1S/C12H19NO4/c1-4-5-7-11(10(2)13(15)16)8-6-9-12(14)17-3/h8-11H,4-5,7H2,1-3H3. The molecule has 17 heavy (non-hydrogen) atoms. The van der Waals surface area contributed by atoms with E-state index in [4.69, 9.17) is 0 Å². The lowest BCUT2D eigenvalue weighted by molar-refractivity contribution is -0.525. The van der Waals surface area contributed by atoms with Crippen molar-refractivity contribution >= 4 is 5.97 Å². The van der Waals surface area contributed by atoms with Gasteiger partial charge >= 0.3 is 5.97 Å². The average molecular weight is 241 g/mol. The Hall–Kier alpha value is -1.61. The summed E-state index contributed by atoms with van der Waals surface area (Å²) in [5.41, 5.74) is 2.65. The van der Waals surface area contributed by atoms with Crippen molar-refractivity contribution in [3.63, 3.8) is 0 Å². The molecule has 2 unspecified atom stereocenters. The van der Waals surface area contributed by atoms with Gasteiger partial charge in [-0.2, -0.15) is 0 Å². The molecule has 0 aliphatic rings. The predicted octanol–water partition coefficient (Wildman–Crippen LogP) is 2.34. The van der Waals surface area contributed by atoms with E-state index in [9.17, 15) is 14.9 Å². The van der Waals surface area contributed by atoms with Crippen molar-refractivity contribution in [2.24, 2.45) is 5.92 Å². The van der Waals surface area contributed by atoms with Crippen LogP contribution in [-0.2, 0) is 9.53 Å². The Balaban J connectivity index is 4.63. The largest absolute Gasteiger partial charge is 0.465 e. The highest BCUT2D eigenvalue weighted by Crippen LogP contribution is 2.16. The number of nitrogens with zero attached hydrogens (tertiary/aromatic N) is 1. The van der Waals surface area contributed by atoms with Crippen LogP contribution in [0.4, 0.5) is 0 Å². The zero-order valence-corrected chi connectivity index (χ0v) is 10.5. The lowest BCUT2D eigenvalue weighted by Crippen LogP contribution is -2.24. The van der Waals surface area contributed by atoms with Crippen LogP contribution in [0.25, 0.3) is 0 Å². The quantitative estimate of drug-likeness (QED) is 0.225. The highest BCUT2D eigenvalue weighted by Gasteiger charge is 2.23. The van der Waals surface area contributed by atoms with E-state index in [1.807, 2.05) is 6.92 Å². The minimum Gasteiger partial charge on any atom is -0.465 e. The minimum absolute atomic E-state index is 0.203. The molecule has 0 amide bonds. The molecule has 0 aliphatic heterocycles. The van der Waals surface area contributed by atoms with Crippen LogP contribution in [0, 0.1) is 16.0 Å². The second-order valence-electron chi connectivity index (χ2n) is 3.83. The van der Waals surface area contributed by atoms with Crippen molar-refractivity contribution in [1.82, 2.24) is 0 Å². The maximum absolute atomic E-state index is 10.8. The number of ether oxygens (including phenoxy) is 1. The first-order chi connectivity index (χ1) is 8.02. The summed E-state index contributed by atoms with van der Waals surface area (Å²) in [5, 5.41) is 10.7. The number of carbonyl (C=O) groups is 1. The van der Waals surface area contributed by atoms with Crippen LogP contribution in [0.1, 0.15) is 33.1 Å². The summed E-state index contributed by atoms with van der Waals surface area (Å²) in [4.78, 5) is 21.2. The van der Waals surface area contributed by atoms with Crippen molar-refractivity contribution in [3.8, 4) is 0 Å². The van der Waals surface area contributed by atoms with Crippen molar-refractivity contribution in [2.75, 3.05) is 7.11 Å². The van der Waals surface area contributed by atoms with E-state index in [1.165, 1.54) is 7.11 Å². The third-order valence-electron chi connectivity index (χ3n) is 2.56. The first kappa shape index (κ1) is 15.4. The number of esters is 1. The molecular weight excluding hydrogens is 222 g/mol. The van der Waals surface area contributed by atoms with Crippen molar-refractivity contribution in [3.05, 3.63) is 28.0 Å². The predicted molar refractivity (Wildman–Crippen MR) is 64.1 cm³/mol. The number of hydrogen-bond donors (Lipinski definition) is 0. The highest BCUT2D eigenvalue weighted by molar-refractivity contribution is 5.81. The third kappa shape index (κ3) is 6.53. The van der Waals surface area contributed by atoms with E-state index in [0.29, 0.717) is 0 Å². The lowest BCUT2D eigenvalue weighted by atomic mass is 9.95. The van der Waals surface area contributed by atoms with Crippen LogP contribution >= 0.6 is 0 Å². The molecule has 0 N–H and O–H groups in total. The van der Waals surface area contributed by atoms with Gasteiger partial charge in [0.1, 0.15) is 0 Å². The molecule has 0 heterocycles. The summed E-state index contributed by atoms with van der Waals surface area (Å²) < 4.78 is 4.41. The summed E-state index contributed by atoms with van der Waals surface area (Å²) in [6, 6.07) is -0.667. The summed E-state index contributed by atoms with van der Waals surface area (Å²) in [6.07, 6.45) is 5.35. The first-order valence-corrected chi connectivity index (χ1v) is 5.67. The van der Waals surface area contributed by atoms with Gasteiger partial charge in [-0.3, -0.25) is 10.1 Å². The Bertz CT molecular complexity index is 318. The molecule has 2 atom stereocenters. The molecule has 5 heteroatoms. The summed E-state index contributed by atoms with van der Waals surface area (Å²) in [5.74, 6) is -0.713. The van der Waals surface area contributed by atoms with Gasteiger partial charge < -0.3 is 4.74 Å². The summed E-state index contributed by atoms with van der Waals surface area (Å²) in [6.45, 7) is 3.60. The van der Waals surface area contributed by atoms with E-state index in [-0.39, 0.29) is 10.8 Å². The molecule has 0 aromatic rings. The van der Waals surface area contributed by atoms with E-state index in [1.54, 1.807) is 13.0 Å². The molecular formula is C12H19NO4. The molecule has 0 saturated heterocycles. The monoisotopic (exact) mass is 241 g/mol. The molecule has 5 nitrogen and oxygen atoms in total. The zero-order chi connectivity index (χ0) is 13.3. The minimum atomic E-state index is -0.667. The summed E-state index contributed by atoms with van der Waals surface area (Å²) in [7, 11) is 1.27. The number of hydrogen-bond acceptors (Lipinski definition) is 4. The van der Waals surface area contributed by atoms with Crippen LogP contribution in [0.2, 0.25) is 0 Å². The van der Waals surface area contributed by atoms with Gasteiger partial charge in [0.15, 0.2) is 0 Å². The van der Waals surface area contributed by atoms with Gasteiger partial charge in [0.25, 0.3) is 0 Å². The van der Waals surface area contributed by atoms with Crippen molar-refractivity contribution < 1.29 is 14.5 Å². The lowest BCUT2D eigenvalue weighted by Gasteiger charge is -2.12. The van der Waals surface area contributed by atoms with Gasteiger partial charge in [-0.25, -0.2) is 4.79 Å². The van der Waals surface area contributed by atoms with Gasteiger partial charge in [0.2, 0.25) is 6.04 Å². The van der Waals surface area contributed by atoms with E-state index < -0.39 is 12.0 Å². The third-order valence-corrected chi connectivity index (χ3v) is 2.56. The van der Waals surface area contributed by atoms with Crippen LogP contribution in [-0.4, -0.2) is 24.0 Å². The Morgan fingerprint density at radius 3 is 2.71 bits per heavy atom. The summed E-state index contributed by atoms with van der Waals surface area (Å²) >= 11 is 0. The molecule has 96 valence electrons. The first-order valence-electron chi connectivity index (χ1n) is 5.67. The molecule has 0 aromatic heterocycles. The number of nitro groups is 1. The molecule has 0 bridgehead atoms. The van der Waals surface area contributed by atoms with Gasteiger partial charge in [-0.05, 0) is 12.5 Å². The molecule has 0 saturated carbocycles. The van der Waals surface area contributed by atoms with Crippen molar-refractivity contribution in [1.29, 1.82) is 0 Å². The van der Waals surface area contributed by atoms with Gasteiger partial charge in [0.05, 0.1) is 19.1 Å². The fourth-order valence-electron chi connectivity index (χ4n) is 1.36. The second kappa shape index (κ2) is 8.53. The van der Waals surface area contributed by atoms with Gasteiger partial charge in [-0.15, -0.1) is 5.73 Å². The molecule has 0 radical (unpaired) electrons. The molecule has 0 spiro atoms. The number of unbranched alkanes of at least 4 members (excludes halogenated alkanes) is 1. The van der Waals surface area contributed by atoms with Gasteiger partial charge in [-0.1, -0.05) is 19.8 Å². The van der Waals surface area contributed by atoms with Crippen LogP contribution in [0.15, 0.2) is 17.9 Å². The fraction of sp³-hybridized carbons (Fsp3) is 0.667. The number of methoxy groups -OCH3 is 1. The normalized spacial score (nSPS) is 13.1. The maximum Gasteiger partial charge on any atom is 0.338 e. The van der Waals surface area contributed by atoms with Crippen LogP contribution in [0.5, 0.6) is 0 Å². The zero-order valence-electron chi connectivity index (χ0n) is 10.5. The maximum atomic E-state index is 10.8. The molecule has 0 rings (SSSR count). The SMILES string of the molecule is CCCCC(C=C=CC(=O)OC)C(C)[N+](=O)[O-]. The number of carbonyl (C=O) groups excluding carboxylic acids is 1. The van der Waals surface area contributed by atoms with Crippen LogP contribution < -0.4 is 0 Å². The van der Waals surface area contributed by atoms with Crippen LogP contribution in [0.3, 0.4) is 0 Å². The van der Waals surface area contributed by atoms with E-state index >= 15 is 0 Å².